The second-order valence-corrected chi connectivity index (χ2v) is 7.49. The number of furan rings is 1. The van der Waals surface area contributed by atoms with Crippen LogP contribution in [0.15, 0.2) is 63.5 Å². The van der Waals surface area contributed by atoms with Gasteiger partial charge in [0.2, 0.25) is 0 Å². The van der Waals surface area contributed by atoms with Crippen LogP contribution in [-0.4, -0.2) is 18.1 Å². The van der Waals surface area contributed by atoms with Crippen LogP contribution in [0.1, 0.15) is 16.1 Å². The lowest BCUT2D eigenvalue weighted by atomic mass is 10.2. The molecule has 0 fully saturated rings. The summed E-state index contributed by atoms with van der Waals surface area (Å²) in [6.07, 6.45) is 0. The van der Waals surface area contributed by atoms with Gasteiger partial charge >= 0.3 is 0 Å². The van der Waals surface area contributed by atoms with E-state index < -0.39 is 0 Å². The van der Waals surface area contributed by atoms with Gasteiger partial charge in [0, 0.05) is 15.6 Å². The number of thiocarbonyl (C=S) groups is 1. The molecule has 0 unspecified atom stereocenters. The zero-order chi connectivity index (χ0) is 20.1. The molecule has 5 nitrogen and oxygen atoms in total. The number of nitrogens with one attached hydrogen (secondary N) is 2. The Morgan fingerprint density at radius 3 is 2.61 bits per heavy atom. The molecule has 3 rings (SSSR count). The summed E-state index contributed by atoms with van der Waals surface area (Å²) in [5.41, 5.74) is 1.35. The molecule has 2 N–H and O–H groups in total. The molecular formula is C20H16BrClN2O3S. The van der Waals surface area contributed by atoms with E-state index in [0.29, 0.717) is 28.6 Å². The predicted molar refractivity (Wildman–Crippen MR) is 117 cm³/mol. The highest BCUT2D eigenvalue weighted by atomic mass is 79.9. The highest BCUT2D eigenvalue weighted by Crippen LogP contribution is 2.25. The third-order valence-electron chi connectivity index (χ3n) is 3.85. The predicted octanol–water partition coefficient (Wildman–Crippen LogP) is 5.18. The fraction of sp³-hybridized carbons (Fsp3) is 0.100. The van der Waals surface area contributed by atoms with Gasteiger partial charge in [0.05, 0.1) is 18.7 Å². The summed E-state index contributed by atoms with van der Waals surface area (Å²) in [5.74, 6) is 1.59. The first-order valence-electron chi connectivity index (χ1n) is 8.23. The maximum atomic E-state index is 12.3. The number of rotatable bonds is 5. The molecule has 0 bridgehead atoms. The van der Waals surface area contributed by atoms with Crippen LogP contribution < -0.4 is 15.4 Å². The minimum Gasteiger partial charge on any atom is -0.495 e. The van der Waals surface area contributed by atoms with Crippen LogP contribution in [0.4, 0.5) is 0 Å². The summed E-state index contributed by atoms with van der Waals surface area (Å²) in [4.78, 5) is 12.3. The SMILES string of the molecule is COc1ccc(C(=O)NC(=S)NCc2ccc(-c3ccc(Br)cc3)o2)cc1Cl. The van der Waals surface area contributed by atoms with Crippen LogP contribution in [0.25, 0.3) is 11.3 Å². The van der Waals surface area contributed by atoms with Crippen molar-refractivity contribution in [3.8, 4) is 17.1 Å². The number of hydrogen-bond acceptors (Lipinski definition) is 4. The van der Waals surface area contributed by atoms with E-state index in [1.54, 1.807) is 12.1 Å². The lowest BCUT2D eigenvalue weighted by Gasteiger charge is -2.09. The molecule has 3 aromatic rings. The third kappa shape index (κ3) is 5.13. The second kappa shape index (κ2) is 9.23. The van der Waals surface area contributed by atoms with Crippen LogP contribution in [0.3, 0.4) is 0 Å². The largest absolute Gasteiger partial charge is 0.495 e. The number of hydrogen-bond donors (Lipinski definition) is 2. The second-order valence-electron chi connectivity index (χ2n) is 5.76. The molecule has 0 aliphatic carbocycles. The molecule has 0 aliphatic heterocycles. The smallest absolute Gasteiger partial charge is 0.257 e. The normalized spacial score (nSPS) is 10.4. The van der Waals surface area contributed by atoms with Gasteiger partial charge in [-0.2, -0.15) is 0 Å². The van der Waals surface area contributed by atoms with Crippen molar-refractivity contribution < 1.29 is 13.9 Å². The van der Waals surface area contributed by atoms with Gasteiger partial charge in [0.1, 0.15) is 17.3 Å². The molecule has 0 saturated carbocycles. The zero-order valence-corrected chi connectivity index (χ0v) is 18.0. The molecule has 1 amide bonds. The van der Waals surface area contributed by atoms with Crippen LogP contribution in [-0.2, 0) is 6.54 Å². The van der Waals surface area contributed by atoms with E-state index >= 15 is 0 Å². The summed E-state index contributed by atoms with van der Waals surface area (Å²) < 4.78 is 11.9. The molecule has 1 aromatic heterocycles. The average molecular weight is 480 g/mol. The van der Waals surface area contributed by atoms with Crippen molar-refractivity contribution in [2.75, 3.05) is 7.11 Å². The van der Waals surface area contributed by atoms with Crippen molar-refractivity contribution in [1.82, 2.24) is 10.6 Å². The Balaban J connectivity index is 1.55. The molecule has 2 aromatic carbocycles. The van der Waals surface area contributed by atoms with Gasteiger partial charge in [-0.25, -0.2) is 0 Å². The lowest BCUT2D eigenvalue weighted by Crippen LogP contribution is -2.38. The van der Waals surface area contributed by atoms with Crippen LogP contribution in [0.2, 0.25) is 5.02 Å². The standard InChI is InChI=1S/C20H16BrClN2O3S/c1-26-18-8-4-13(10-16(18)22)19(25)24-20(28)23-11-15-7-9-17(27-15)12-2-5-14(21)6-3-12/h2-10H,11H2,1H3,(H2,23,24,25,28). The summed E-state index contributed by atoms with van der Waals surface area (Å²) in [6, 6.07) is 16.3. The summed E-state index contributed by atoms with van der Waals surface area (Å²) in [5, 5.41) is 6.11. The molecule has 8 heteroatoms. The van der Waals surface area contributed by atoms with Crippen molar-refractivity contribution in [3.63, 3.8) is 0 Å². The third-order valence-corrected chi connectivity index (χ3v) is 4.93. The molecule has 1 heterocycles. The van der Waals surface area contributed by atoms with Crippen molar-refractivity contribution in [3.05, 3.63) is 75.4 Å². The number of ether oxygens (including phenoxy) is 1. The summed E-state index contributed by atoms with van der Waals surface area (Å²) >= 11 is 14.6. The number of halogens is 2. The molecule has 144 valence electrons. The minimum absolute atomic E-state index is 0.193. The average Bonchev–Trinajstić information content (AvgIpc) is 3.16. The fourth-order valence-electron chi connectivity index (χ4n) is 2.44. The number of carbonyl (C=O) groups excluding carboxylic acids is 1. The molecule has 0 spiro atoms. The summed E-state index contributed by atoms with van der Waals surface area (Å²) in [7, 11) is 1.51. The molecule has 0 atom stereocenters. The Morgan fingerprint density at radius 2 is 1.93 bits per heavy atom. The lowest BCUT2D eigenvalue weighted by molar-refractivity contribution is 0.0976. The monoisotopic (exact) mass is 478 g/mol. The number of methoxy groups -OCH3 is 1. The van der Waals surface area contributed by atoms with E-state index in [4.69, 9.17) is 33.0 Å². The zero-order valence-electron chi connectivity index (χ0n) is 14.8. The van der Waals surface area contributed by atoms with E-state index in [0.717, 1.165) is 15.8 Å². The van der Waals surface area contributed by atoms with E-state index in [9.17, 15) is 4.79 Å². The van der Waals surface area contributed by atoms with E-state index in [2.05, 4.69) is 26.6 Å². The van der Waals surface area contributed by atoms with Gasteiger partial charge in [0.15, 0.2) is 5.11 Å². The van der Waals surface area contributed by atoms with Crippen molar-refractivity contribution in [2.45, 2.75) is 6.54 Å². The summed E-state index contributed by atoms with van der Waals surface area (Å²) in [6.45, 7) is 0.346. The van der Waals surface area contributed by atoms with Gasteiger partial charge in [-0.3, -0.25) is 10.1 Å². The Bertz CT molecular complexity index is 1000. The molecular weight excluding hydrogens is 464 g/mol. The Morgan fingerprint density at radius 1 is 1.18 bits per heavy atom. The molecule has 0 aliphatic rings. The Hall–Kier alpha value is -2.35. The highest BCUT2D eigenvalue weighted by molar-refractivity contribution is 9.10. The maximum absolute atomic E-state index is 12.3. The highest BCUT2D eigenvalue weighted by Gasteiger charge is 2.11. The molecule has 0 saturated heterocycles. The molecule has 28 heavy (non-hydrogen) atoms. The molecule has 0 radical (unpaired) electrons. The fourth-order valence-corrected chi connectivity index (χ4v) is 3.12. The number of carbonyl (C=O) groups is 1. The Kier molecular flexibility index (Phi) is 6.72. The van der Waals surface area contributed by atoms with Gasteiger partial charge in [-0.1, -0.05) is 39.7 Å². The van der Waals surface area contributed by atoms with Crippen molar-refractivity contribution in [1.29, 1.82) is 0 Å². The van der Waals surface area contributed by atoms with Gasteiger partial charge < -0.3 is 14.5 Å². The van der Waals surface area contributed by atoms with Crippen molar-refractivity contribution in [2.24, 2.45) is 0 Å². The topological polar surface area (TPSA) is 63.5 Å². The first-order chi connectivity index (χ1) is 13.5. The van der Waals surface area contributed by atoms with E-state index in [-0.39, 0.29) is 11.0 Å². The number of amides is 1. The minimum atomic E-state index is -0.364. The van der Waals surface area contributed by atoms with Crippen LogP contribution in [0.5, 0.6) is 5.75 Å². The maximum Gasteiger partial charge on any atom is 0.257 e. The Labute approximate surface area is 181 Å². The van der Waals surface area contributed by atoms with Gasteiger partial charge in [-0.05, 0) is 54.7 Å². The van der Waals surface area contributed by atoms with E-state index in [1.807, 2.05) is 36.4 Å². The van der Waals surface area contributed by atoms with E-state index in [1.165, 1.54) is 13.2 Å². The quantitative estimate of drug-likeness (QED) is 0.494. The van der Waals surface area contributed by atoms with Gasteiger partial charge in [-0.15, -0.1) is 0 Å². The number of benzene rings is 2. The van der Waals surface area contributed by atoms with Crippen LogP contribution in [0, 0.1) is 0 Å². The van der Waals surface area contributed by atoms with Crippen LogP contribution >= 0.6 is 39.7 Å². The first kappa shape index (κ1) is 20.4. The van der Waals surface area contributed by atoms with Gasteiger partial charge in [0.25, 0.3) is 5.91 Å². The first-order valence-corrected chi connectivity index (χ1v) is 9.81. The van der Waals surface area contributed by atoms with Crippen molar-refractivity contribution >= 4 is 50.8 Å².